The highest BCUT2D eigenvalue weighted by molar-refractivity contribution is 5.30. The molecule has 2 rings (SSSR count). The van der Waals surface area contributed by atoms with E-state index in [1.54, 1.807) is 7.11 Å². The molecule has 4 heteroatoms. The Morgan fingerprint density at radius 1 is 1.20 bits per heavy atom. The maximum absolute atomic E-state index is 6.25. The Morgan fingerprint density at radius 2 is 1.75 bits per heavy atom. The molecule has 1 aromatic rings. The molecule has 2 N–H and O–H groups in total. The number of methoxy groups -OCH3 is 1. The third-order valence-corrected chi connectivity index (χ3v) is 3.80. The van der Waals surface area contributed by atoms with E-state index in [-0.39, 0.29) is 24.3 Å². The summed E-state index contributed by atoms with van der Waals surface area (Å²) in [5.74, 6) is 0.876. The number of nitrogens with two attached hydrogens (primary N) is 1. The second kappa shape index (κ2) is 6.57. The topological polar surface area (TPSA) is 47.7 Å². The molecule has 0 aromatic heterocycles. The van der Waals surface area contributed by atoms with E-state index in [1.165, 1.54) is 5.56 Å². The minimum Gasteiger partial charge on any atom is -0.497 e. The highest BCUT2D eigenvalue weighted by atomic mass is 16.5. The van der Waals surface area contributed by atoms with Crippen LogP contribution in [-0.2, 0) is 4.74 Å². The standard InChI is InChI=1S/C16H26N2O2/c1-11-9-18(10-12(2)20-11)16(13(3)17)14-5-7-15(19-4)8-6-14/h5-8,11-13,16H,9-10,17H2,1-4H3. The fraction of sp³-hybridized carbons (Fsp3) is 0.625. The monoisotopic (exact) mass is 278 g/mol. The van der Waals surface area contributed by atoms with Gasteiger partial charge >= 0.3 is 0 Å². The molecule has 20 heavy (non-hydrogen) atoms. The molecule has 1 aromatic carbocycles. The van der Waals surface area contributed by atoms with Crippen molar-refractivity contribution in [1.82, 2.24) is 4.90 Å². The summed E-state index contributed by atoms with van der Waals surface area (Å²) in [6.07, 6.45) is 0.497. The van der Waals surface area contributed by atoms with Crippen molar-refractivity contribution in [1.29, 1.82) is 0 Å². The van der Waals surface area contributed by atoms with Crippen LogP contribution < -0.4 is 10.5 Å². The molecule has 0 saturated carbocycles. The van der Waals surface area contributed by atoms with Crippen LogP contribution in [0.25, 0.3) is 0 Å². The number of benzene rings is 1. The van der Waals surface area contributed by atoms with E-state index in [2.05, 4.69) is 37.8 Å². The second-order valence-electron chi connectivity index (χ2n) is 5.79. The molecule has 1 aliphatic rings. The number of rotatable bonds is 4. The van der Waals surface area contributed by atoms with Crippen LogP contribution in [0.2, 0.25) is 0 Å². The molecule has 1 saturated heterocycles. The number of nitrogens with zero attached hydrogens (tertiary/aromatic N) is 1. The Kier molecular flexibility index (Phi) is 5.02. The Hall–Kier alpha value is -1.10. The Labute approximate surface area is 121 Å². The lowest BCUT2D eigenvalue weighted by Crippen LogP contribution is -2.50. The van der Waals surface area contributed by atoms with Crippen LogP contribution in [0, 0.1) is 0 Å². The van der Waals surface area contributed by atoms with E-state index >= 15 is 0 Å². The van der Waals surface area contributed by atoms with E-state index in [9.17, 15) is 0 Å². The minimum absolute atomic E-state index is 0.0703. The zero-order valence-corrected chi connectivity index (χ0v) is 12.9. The van der Waals surface area contributed by atoms with Crippen molar-refractivity contribution in [3.8, 4) is 5.75 Å². The first-order valence-electron chi connectivity index (χ1n) is 7.30. The van der Waals surface area contributed by atoms with Gasteiger partial charge in [0.1, 0.15) is 5.75 Å². The van der Waals surface area contributed by atoms with E-state index in [1.807, 2.05) is 12.1 Å². The van der Waals surface area contributed by atoms with Crippen molar-refractivity contribution in [2.45, 2.75) is 45.1 Å². The Morgan fingerprint density at radius 3 is 2.20 bits per heavy atom. The first-order chi connectivity index (χ1) is 9.51. The number of morpholine rings is 1. The highest BCUT2D eigenvalue weighted by Crippen LogP contribution is 2.28. The third kappa shape index (κ3) is 3.51. The summed E-state index contributed by atoms with van der Waals surface area (Å²) in [6, 6.07) is 8.50. The zero-order chi connectivity index (χ0) is 14.7. The molecule has 1 fully saturated rings. The molecule has 1 aliphatic heterocycles. The largest absolute Gasteiger partial charge is 0.497 e. The molecular formula is C16H26N2O2. The van der Waals surface area contributed by atoms with Crippen molar-refractivity contribution >= 4 is 0 Å². The predicted octanol–water partition coefficient (Wildman–Crippen LogP) is 2.19. The van der Waals surface area contributed by atoms with Crippen LogP contribution in [0.4, 0.5) is 0 Å². The van der Waals surface area contributed by atoms with Crippen molar-refractivity contribution in [2.75, 3.05) is 20.2 Å². The molecule has 0 spiro atoms. The summed E-state index contributed by atoms with van der Waals surface area (Å²) >= 11 is 0. The van der Waals surface area contributed by atoms with Crippen molar-refractivity contribution < 1.29 is 9.47 Å². The molecule has 4 nitrogen and oxygen atoms in total. The van der Waals surface area contributed by atoms with Gasteiger partial charge in [0, 0.05) is 25.2 Å². The second-order valence-corrected chi connectivity index (χ2v) is 5.79. The van der Waals surface area contributed by atoms with Crippen molar-refractivity contribution in [3.63, 3.8) is 0 Å². The Balaban J connectivity index is 2.21. The fourth-order valence-corrected chi connectivity index (χ4v) is 3.09. The lowest BCUT2D eigenvalue weighted by atomic mass is 9.97. The molecule has 4 atom stereocenters. The predicted molar refractivity (Wildman–Crippen MR) is 81.0 cm³/mol. The van der Waals surface area contributed by atoms with Crippen molar-refractivity contribution in [2.24, 2.45) is 5.73 Å². The molecule has 1 heterocycles. The van der Waals surface area contributed by atoms with Crippen LogP contribution in [0.3, 0.4) is 0 Å². The fourth-order valence-electron chi connectivity index (χ4n) is 3.09. The summed E-state index contributed by atoms with van der Waals surface area (Å²) < 4.78 is 11.0. The summed E-state index contributed by atoms with van der Waals surface area (Å²) in [4.78, 5) is 2.44. The molecule has 112 valence electrons. The third-order valence-electron chi connectivity index (χ3n) is 3.80. The van der Waals surface area contributed by atoms with E-state index < -0.39 is 0 Å². The maximum Gasteiger partial charge on any atom is 0.118 e. The smallest absolute Gasteiger partial charge is 0.118 e. The zero-order valence-electron chi connectivity index (χ0n) is 12.9. The molecule has 0 bridgehead atoms. The van der Waals surface area contributed by atoms with Crippen LogP contribution in [0.15, 0.2) is 24.3 Å². The van der Waals surface area contributed by atoms with Crippen LogP contribution in [0.1, 0.15) is 32.4 Å². The van der Waals surface area contributed by atoms with Gasteiger partial charge in [-0.2, -0.15) is 0 Å². The normalized spacial score (nSPS) is 27.1. The SMILES string of the molecule is COc1ccc(C(C(C)N)N2CC(C)OC(C)C2)cc1. The lowest BCUT2D eigenvalue weighted by molar-refractivity contribution is -0.0831. The van der Waals surface area contributed by atoms with Crippen molar-refractivity contribution in [3.05, 3.63) is 29.8 Å². The Bertz CT molecular complexity index is 409. The maximum atomic E-state index is 6.25. The highest BCUT2D eigenvalue weighted by Gasteiger charge is 2.30. The van der Waals surface area contributed by atoms with Crippen LogP contribution in [-0.4, -0.2) is 43.3 Å². The van der Waals surface area contributed by atoms with Gasteiger partial charge in [-0.15, -0.1) is 0 Å². The molecule has 0 amide bonds. The quantitative estimate of drug-likeness (QED) is 0.917. The van der Waals surface area contributed by atoms with Gasteiger partial charge in [-0.3, -0.25) is 4.90 Å². The van der Waals surface area contributed by atoms with Gasteiger partial charge in [0.15, 0.2) is 0 Å². The van der Waals surface area contributed by atoms with Gasteiger partial charge in [0.25, 0.3) is 0 Å². The van der Waals surface area contributed by atoms with E-state index in [0.29, 0.717) is 0 Å². The van der Waals surface area contributed by atoms with Gasteiger partial charge in [-0.05, 0) is 38.5 Å². The molecule has 0 aliphatic carbocycles. The van der Waals surface area contributed by atoms with E-state index in [4.69, 9.17) is 15.2 Å². The number of hydrogen-bond donors (Lipinski definition) is 1. The minimum atomic E-state index is 0.0703. The number of hydrogen-bond acceptors (Lipinski definition) is 4. The summed E-state index contributed by atoms with van der Waals surface area (Å²) in [5.41, 5.74) is 7.49. The first kappa shape index (κ1) is 15.3. The van der Waals surface area contributed by atoms with Gasteiger partial charge in [-0.25, -0.2) is 0 Å². The molecule has 0 radical (unpaired) electrons. The van der Waals surface area contributed by atoms with Crippen LogP contribution >= 0.6 is 0 Å². The van der Waals surface area contributed by atoms with E-state index in [0.717, 1.165) is 18.8 Å². The first-order valence-corrected chi connectivity index (χ1v) is 7.30. The average molecular weight is 278 g/mol. The summed E-state index contributed by atoms with van der Waals surface area (Å²) in [6.45, 7) is 8.15. The van der Waals surface area contributed by atoms with Gasteiger partial charge in [0.2, 0.25) is 0 Å². The van der Waals surface area contributed by atoms with Gasteiger partial charge in [-0.1, -0.05) is 12.1 Å². The van der Waals surface area contributed by atoms with Gasteiger partial charge < -0.3 is 15.2 Å². The van der Waals surface area contributed by atoms with Gasteiger partial charge in [0.05, 0.1) is 19.3 Å². The number of ether oxygens (including phenoxy) is 2. The van der Waals surface area contributed by atoms with Crippen LogP contribution in [0.5, 0.6) is 5.75 Å². The average Bonchev–Trinajstić information content (AvgIpc) is 2.38. The molecular weight excluding hydrogens is 252 g/mol. The lowest BCUT2D eigenvalue weighted by Gasteiger charge is -2.42. The summed E-state index contributed by atoms with van der Waals surface area (Å²) in [5, 5.41) is 0. The summed E-state index contributed by atoms with van der Waals surface area (Å²) in [7, 11) is 1.68. The molecule has 4 unspecified atom stereocenters.